The van der Waals surface area contributed by atoms with Crippen LogP contribution in [0.3, 0.4) is 0 Å². The molecule has 0 spiro atoms. The molecule has 23 heavy (non-hydrogen) atoms. The van der Waals surface area contributed by atoms with Crippen LogP contribution in [0.5, 0.6) is 11.5 Å². The molecular formula is C18H20ClNO3. The quantitative estimate of drug-likeness (QED) is 0.781. The van der Waals surface area contributed by atoms with Crippen LogP contribution in [-0.2, 0) is 0 Å². The van der Waals surface area contributed by atoms with Crippen molar-refractivity contribution in [1.29, 1.82) is 0 Å². The highest BCUT2D eigenvalue weighted by Gasteiger charge is 2.06. The Kier molecular flexibility index (Phi) is 6.29. The van der Waals surface area contributed by atoms with Gasteiger partial charge in [0.1, 0.15) is 18.1 Å². The van der Waals surface area contributed by atoms with E-state index in [2.05, 4.69) is 5.32 Å². The summed E-state index contributed by atoms with van der Waals surface area (Å²) in [6, 6.07) is 14.3. The van der Waals surface area contributed by atoms with Gasteiger partial charge in [0.2, 0.25) is 0 Å². The summed E-state index contributed by atoms with van der Waals surface area (Å²) in [5.41, 5.74) is 0.582. The normalized spacial score (nSPS) is 10.4. The molecule has 1 amide bonds. The third-order valence-corrected chi connectivity index (χ3v) is 3.28. The van der Waals surface area contributed by atoms with Crippen LogP contribution in [-0.4, -0.2) is 25.2 Å². The molecule has 4 nitrogen and oxygen atoms in total. The predicted molar refractivity (Wildman–Crippen MR) is 91.5 cm³/mol. The molecule has 5 heteroatoms. The Morgan fingerprint density at radius 1 is 1.13 bits per heavy atom. The van der Waals surface area contributed by atoms with Crippen LogP contribution in [0.4, 0.5) is 0 Å². The van der Waals surface area contributed by atoms with Crippen LogP contribution >= 0.6 is 11.6 Å². The number of carbonyl (C=O) groups is 1. The number of hydrogen-bond acceptors (Lipinski definition) is 3. The predicted octanol–water partition coefficient (Wildman–Crippen LogP) is 3.94. The molecule has 2 aromatic carbocycles. The maximum atomic E-state index is 12.0. The third-order valence-electron chi connectivity index (χ3n) is 2.97. The van der Waals surface area contributed by atoms with Gasteiger partial charge in [-0.2, -0.15) is 0 Å². The molecule has 0 radical (unpaired) electrons. The summed E-state index contributed by atoms with van der Waals surface area (Å²) in [7, 11) is 0. The zero-order valence-corrected chi connectivity index (χ0v) is 14.0. The molecule has 0 aliphatic rings. The largest absolute Gasteiger partial charge is 0.491 e. The minimum absolute atomic E-state index is 0.108. The summed E-state index contributed by atoms with van der Waals surface area (Å²) in [6.07, 6.45) is 0.108. The number of benzene rings is 2. The summed E-state index contributed by atoms with van der Waals surface area (Å²) in [6.45, 7) is 4.66. The lowest BCUT2D eigenvalue weighted by Gasteiger charge is -2.11. The average Bonchev–Trinajstić information content (AvgIpc) is 2.53. The van der Waals surface area contributed by atoms with Gasteiger partial charge >= 0.3 is 0 Å². The SMILES string of the molecule is CC(C)Oc1ccc(C(=O)NCCOc2ccccc2Cl)cc1. The number of hydrogen-bond donors (Lipinski definition) is 1. The van der Waals surface area contributed by atoms with Gasteiger partial charge < -0.3 is 14.8 Å². The van der Waals surface area contributed by atoms with Gasteiger partial charge in [-0.25, -0.2) is 0 Å². The lowest BCUT2D eigenvalue weighted by molar-refractivity contribution is 0.0947. The fraction of sp³-hybridized carbons (Fsp3) is 0.278. The van der Waals surface area contributed by atoms with Gasteiger partial charge in [0, 0.05) is 5.56 Å². The highest BCUT2D eigenvalue weighted by atomic mass is 35.5. The molecule has 0 aliphatic heterocycles. The van der Waals surface area contributed by atoms with Crippen molar-refractivity contribution in [2.24, 2.45) is 0 Å². The number of ether oxygens (including phenoxy) is 2. The molecule has 0 atom stereocenters. The van der Waals surface area contributed by atoms with Crippen molar-refractivity contribution in [2.45, 2.75) is 20.0 Å². The molecule has 0 unspecified atom stereocenters. The van der Waals surface area contributed by atoms with Gasteiger partial charge in [0.25, 0.3) is 5.91 Å². The van der Waals surface area contributed by atoms with Gasteiger partial charge in [0.15, 0.2) is 0 Å². The zero-order chi connectivity index (χ0) is 16.7. The fourth-order valence-electron chi connectivity index (χ4n) is 1.95. The van der Waals surface area contributed by atoms with Crippen molar-refractivity contribution in [3.63, 3.8) is 0 Å². The molecule has 0 saturated heterocycles. The molecule has 0 fully saturated rings. The molecule has 2 rings (SSSR count). The number of nitrogens with one attached hydrogen (secondary N) is 1. The van der Waals surface area contributed by atoms with Crippen LogP contribution in [0, 0.1) is 0 Å². The van der Waals surface area contributed by atoms with Crippen molar-refractivity contribution in [2.75, 3.05) is 13.2 Å². The molecule has 0 heterocycles. The topological polar surface area (TPSA) is 47.6 Å². The lowest BCUT2D eigenvalue weighted by atomic mass is 10.2. The van der Waals surface area contributed by atoms with Crippen LogP contribution in [0.1, 0.15) is 24.2 Å². The summed E-state index contributed by atoms with van der Waals surface area (Å²) >= 11 is 5.99. The van der Waals surface area contributed by atoms with Crippen LogP contribution in [0.25, 0.3) is 0 Å². The number of amides is 1. The van der Waals surface area contributed by atoms with Crippen molar-refractivity contribution in [3.8, 4) is 11.5 Å². The summed E-state index contributed by atoms with van der Waals surface area (Å²) < 4.78 is 11.1. The first-order valence-electron chi connectivity index (χ1n) is 7.48. The molecule has 122 valence electrons. The average molecular weight is 334 g/mol. The van der Waals surface area contributed by atoms with E-state index >= 15 is 0 Å². The minimum atomic E-state index is -0.149. The van der Waals surface area contributed by atoms with Gasteiger partial charge in [-0.3, -0.25) is 4.79 Å². The van der Waals surface area contributed by atoms with E-state index in [4.69, 9.17) is 21.1 Å². The van der Waals surface area contributed by atoms with E-state index in [1.807, 2.05) is 26.0 Å². The summed E-state index contributed by atoms with van der Waals surface area (Å²) in [5.74, 6) is 1.21. The van der Waals surface area contributed by atoms with E-state index in [1.54, 1.807) is 36.4 Å². The Morgan fingerprint density at radius 2 is 1.83 bits per heavy atom. The molecule has 0 aliphatic carbocycles. The summed E-state index contributed by atoms with van der Waals surface area (Å²) in [4.78, 5) is 12.0. The maximum absolute atomic E-state index is 12.0. The van der Waals surface area contributed by atoms with Crippen molar-refractivity contribution in [3.05, 3.63) is 59.1 Å². The smallest absolute Gasteiger partial charge is 0.251 e. The number of para-hydroxylation sites is 1. The van der Waals surface area contributed by atoms with Gasteiger partial charge in [-0.05, 0) is 50.2 Å². The van der Waals surface area contributed by atoms with Gasteiger partial charge in [0.05, 0.1) is 17.7 Å². The first-order chi connectivity index (χ1) is 11.1. The van der Waals surface area contributed by atoms with Gasteiger partial charge in [-0.15, -0.1) is 0 Å². The second-order valence-corrected chi connectivity index (χ2v) is 5.63. The Hall–Kier alpha value is -2.20. The van der Waals surface area contributed by atoms with Crippen molar-refractivity contribution in [1.82, 2.24) is 5.32 Å². The highest BCUT2D eigenvalue weighted by Crippen LogP contribution is 2.22. The molecule has 2 aromatic rings. The maximum Gasteiger partial charge on any atom is 0.251 e. The van der Waals surface area contributed by atoms with E-state index in [-0.39, 0.29) is 12.0 Å². The molecular weight excluding hydrogens is 314 g/mol. The fourth-order valence-corrected chi connectivity index (χ4v) is 2.14. The van der Waals surface area contributed by atoms with E-state index in [0.29, 0.717) is 29.5 Å². The number of halogens is 1. The lowest BCUT2D eigenvalue weighted by Crippen LogP contribution is -2.28. The molecule has 0 saturated carbocycles. The Morgan fingerprint density at radius 3 is 2.48 bits per heavy atom. The van der Waals surface area contributed by atoms with Gasteiger partial charge in [-0.1, -0.05) is 23.7 Å². The second kappa shape index (κ2) is 8.44. The van der Waals surface area contributed by atoms with E-state index in [0.717, 1.165) is 5.75 Å². The Labute approximate surface area is 141 Å². The van der Waals surface area contributed by atoms with Crippen LogP contribution in [0.2, 0.25) is 5.02 Å². The van der Waals surface area contributed by atoms with Crippen LogP contribution in [0.15, 0.2) is 48.5 Å². The third kappa shape index (κ3) is 5.49. The zero-order valence-electron chi connectivity index (χ0n) is 13.2. The first kappa shape index (κ1) is 17.2. The monoisotopic (exact) mass is 333 g/mol. The molecule has 0 bridgehead atoms. The minimum Gasteiger partial charge on any atom is -0.491 e. The Bertz CT molecular complexity index is 641. The van der Waals surface area contributed by atoms with Crippen LogP contribution < -0.4 is 14.8 Å². The first-order valence-corrected chi connectivity index (χ1v) is 7.86. The summed E-state index contributed by atoms with van der Waals surface area (Å²) in [5, 5.41) is 3.36. The van der Waals surface area contributed by atoms with Crippen molar-refractivity contribution >= 4 is 17.5 Å². The van der Waals surface area contributed by atoms with E-state index in [9.17, 15) is 4.79 Å². The number of rotatable bonds is 7. The van der Waals surface area contributed by atoms with E-state index in [1.165, 1.54) is 0 Å². The molecule has 1 N–H and O–H groups in total. The van der Waals surface area contributed by atoms with E-state index < -0.39 is 0 Å². The highest BCUT2D eigenvalue weighted by molar-refractivity contribution is 6.32. The second-order valence-electron chi connectivity index (χ2n) is 5.23. The Balaban J connectivity index is 1.77. The number of carbonyl (C=O) groups excluding carboxylic acids is 1. The standard InChI is InChI=1S/C18H20ClNO3/c1-13(2)23-15-9-7-14(8-10-15)18(21)20-11-12-22-17-6-4-3-5-16(17)19/h3-10,13H,11-12H2,1-2H3,(H,20,21). The molecule has 0 aromatic heterocycles. The van der Waals surface area contributed by atoms with Crippen molar-refractivity contribution < 1.29 is 14.3 Å².